The number of nitrogens with two attached hydrogens (primary N) is 1. The van der Waals surface area contributed by atoms with Gasteiger partial charge in [0.25, 0.3) is 10.1 Å². The molecule has 0 atom stereocenters. The summed E-state index contributed by atoms with van der Waals surface area (Å²) < 4.78 is 175. The van der Waals surface area contributed by atoms with Crippen LogP contribution < -0.4 is 94.4 Å². The summed E-state index contributed by atoms with van der Waals surface area (Å²) in [6, 6.07) is 10.2. The molecule has 0 heterocycles. The van der Waals surface area contributed by atoms with E-state index in [4.69, 9.17) is 5.73 Å². The number of nitrogen functional groups attached to an aromatic ring is 1. The first-order valence-electron chi connectivity index (χ1n) is 14.8. The molecule has 0 fully saturated rings. The van der Waals surface area contributed by atoms with Crippen molar-refractivity contribution in [3.05, 3.63) is 60.7 Å². The number of fused-ring (bicyclic) bond motifs is 1. The number of sulfone groups is 3. The maximum Gasteiger partial charge on any atom is 1.00 e. The molecule has 0 spiro atoms. The Balaban J connectivity index is 0.00000580. The third-order valence-electron chi connectivity index (χ3n) is 7.13. The summed E-state index contributed by atoms with van der Waals surface area (Å²) in [6.07, 6.45) is 1.46. The summed E-state index contributed by atoms with van der Waals surface area (Å²) >= 11 is 0. The number of hydrogen-bond donors (Lipinski definition) is 2. The van der Waals surface area contributed by atoms with E-state index in [9.17, 15) is 64.7 Å². The summed E-state index contributed by atoms with van der Waals surface area (Å²) in [5.41, 5.74) is 3.79. The Bertz CT molecular complexity index is 2750. The number of phenolic OH excluding ortho intramolecular Hbond substituents is 1. The number of aromatic hydroxyl groups is 1. The van der Waals surface area contributed by atoms with Crippen molar-refractivity contribution in [3.63, 3.8) is 0 Å². The SMILES string of the molecule is CS(=O)(=O)OCCS(=O)(=O)c1ccc(N=Nc2c(S(=O)(=O)[O-])cc3cc(S(C)(=O)=O)c(N=Nc4ccc(S(=O)(=O)CCOS(=O)(=O)[O-])cc4)c(O)c3c2N)cc1.[Na+].[Na+].[Na+]. The van der Waals surface area contributed by atoms with E-state index in [1.54, 1.807) is 0 Å². The molecule has 22 nitrogen and oxygen atoms in total. The Morgan fingerprint density at radius 1 is 0.610 bits per heavy atom. The minimum atomic E-state index is -5.42. The summed E-state index contributed by atoms with van der Waals surface area (Å²) in [5, 5.41) is 25.7. The molecule has 0 aromatic heterocycles. The molecule has 4 aromatic rings. The van der Waals surface area contributed by atoms with Crippen molar-refractivity contribution in [3.8, 4) is 5.75 Å². The second-order valence-electron chi connectivity index (χ2n) is 11.3. The standard InChI is InChI=1S/C28H29N5O17S6.3Na/c1-51(35,36)22-15-17-16-23(55(43,44)45)26(32-30-18-3-7-20(8-4-18)53(39,40)13-11-49-52(2,37)38)25(29)24(17)28(34)27(22)33-31-19-5-9-21(10-6-19)54(41,42)14-12-50-56(46,47)48;;;/h3-10,15-16,34H,11-14,29H2,1-2H3,(H,43,44,45)(H,46,47,48);;;/q;3*+1/p-2. The van der Waals surface area contributed by atoms with Gasteiger partial charge in [-0.3, -0.25) is 8.37 Å². The average molecular weight is 967 g/mol. The van der Waals surface area contributed by atoms with Crippen LogP contribution in [0, 0.1) is 0 Å². The van der Waals surface area contributed by atoms with Crippen LogP contribution in [0.2, 0.25) is 0 Å². The maximum absolute atomic E-state index is 12.8. The van der Waals surface area contributed by atoms with E-state index in [0.29, 0.717) is 12.3 Å². The number of anilines is 1. The number of hydrogen-bond acceptors (Lipinski definition) is 22. The van der Waals surface area contributed by atoms with Gasteiger partial charge in [0.05, 0.1) is 73.0 Å². The number of phenols is 1. The zero-order valence-corrected chi connectivity index (χ0v) is 42.3. The van der Waals surface area contributed by atoms with Crippen molar-refractivity contribution in [2.45, 2.75) is 19.6 Å². The van der Waals surface area contributed by atoms with Crippen LogP contribution in [-0.2, 0) is 68.5 Å². The van der Waals surface area contributed by atoms with Crippen molar-refractivity contribution >= 4 is 99.4 Å². The van der Waals surface area contributed by atoms with Gasteiger partial charge in [-0.1, -0.05) is 0 Å². The van der Waals surface area contributed by atoms with Crippen molar-refractivity contribution in [2.75, 3.05) is 43.0 Å². The third-order valence-corrected chi connectivity index (χ3v) is 13.5. The number of nitrogens with zero attached hydrogens (tertiary/aromatic N) is 4. The van der Waals surface area contributed by atoms with Crippen molar-refractivity contribution in [1.82, 2.24) is 0 Å². The average Bonchev–Trinajstić information content (AvgIpc) is 3.05. The number of benzene rings is 4. The van der Waals surface area contributed by atoms with Gasteiger partial charge in [0.2, 0.25) is 10.4 Å². The molecular formula is C28H27N5Na3O17S6+. The van der Waals surface area contributed by atoms with E-state index < -0.39 is 123 Å². The molecule has 0 aliphatic rings. The van der Waals surface area contributed by atoms with Gasteiger partial charge >= 0.3 is 88.7 Å². The molecule has 304 valence electrons. The Morgan fingerprint density at radius 2 is 1.02 bits per heavy atom. The van der Waals surface area contributed by atoms with Crippen molar-refractivity contribution in [1.29, 1.82) is 0 Å². The third kappa shape index (κ3) is 15.4. The van der Waals surface area contributed by atoms with Crippen LogP contribution in [0.5, 0.6) is 5.75 Å². The van der Waals surface area contributed by atoms with E-state index in [0.717, 1.165) is 60.9 Å². The van der Waals surface area contributed by atoms with Crippen LogP contribution in [0.4, 0.5) is 28.4 Å². The first kappa shape index (κ1) is 55.5. The molecule has 4 aromatic carbocycles. The fourth-order valence-corrected chi connectivity index (χ4v) is 9.17. The smallest absolute Gasteiger partial charge is 0.744 e. The van der Waals surface area contributed by atoms with Gasteiger partial charge in [0, 0.05) is 6.26 Å². The van der Waals surface area contributed by atoms with Crippen LogP contribution in [0.25, 0.3) is 10.8 Å². The molecule has 0 saturated carbocycles. The van der Waals surface area contributed by atoms with E-state index >= 15 is 0 Å². The first-order chi connectivity index (χ1) is 25.6. The van der Waals surface area contributed by atoms with Gasteiger partial charge in [-0.25, -0.2) is 42.1 Å². The zero-order valence-electron chi connectivity index (χ0n) is 31.4. The molecule has 0 amide bonds. The molecule has 0 aliphatic heterocycles. The summed E-state index contributed by atoms with van der Waals surface area (Å²) in [5.74, 6) is -2.54. The Kier molecular flexibility index (Phi) is 20.0. The Morgan fingerprint density at radius 3 is 1.41 bits per heavy atom. The summed E-state index contributed by atoms with van der Waals surface area (Å²) in [4.78, 5) is -2.40. The van der Waals surface area contributed by atoms with Gasteiger partial charge in [-0.15, -0.1) is 10.2 Å². The summed E-state index contributed by atoms with van der Waals surface area (Å²) in [7, 11) is -26.9. The molecule has 0 unspecified atom stereocenters. The molecule has 4 rings (SSSR count). The molecule has 31 heteroatoms. The predicted octanol–water partition coefficient (Wildman–Crippen LogP) is -6.72. The minimum Gasteiger partial charge on any atom is -0.744 e. The first-order valence-corrected chi connectivity index (χ1v) is 24.6. The van der Waals surface area contributed by atoms with E-state index in [1.165, 1.54) is 0 Å². The molecule has 0 radical (unpaired) electrons. The zero-order chi connectivity index (χ0) is 42.1. The minimum absolute atomic E-state index is 0. The Hall–Kier alpha value is -1.52. The van der Waals surface area contributed by atoms with E-state index in [-0.39, 0.29) is 115 Å². The molecule has 3 N–H and O–H groups in total. The molecule has 0 saturated heterocycles. The second kappa shape index (κ2) is 21.2. The van der Waals surface area contributed by atoms with Gasteiger partial charge < -0.3 is 19.9 Å². The van der Waals surface area contributed by atoms with E-state index in [2.05, 4.69) is 28.8 Å². The molecule has 59 heavy (non-hydrogen) atoms. The summed E-state index contributed by atoms with van der Waals surface area (Å²) in [6.45, 7) is -1.61. The van der Waals surface area contributed by atoms with Gasteiger partial charge in [0.1, 0.15) is 21.5 Å². The van der Waals surface area contributed by atoms with Crippen LogP contribution in [0.15, 0.2) is 101 Å². The topological polar surface area (TPSA) is 365 Å². The van der Waals surface area contributed by atoms with Gasteiger partial charge in [0.15, 0.2) is 35.3 Å². The fourth-order valence-electron chi connectivity index (χ4n) is 4.62. The monoisotopic (exact) mass is 966 g/mol. The largest absolute Gasteiger partial charge is 1.00 e. The number of rotatable bonds is 16. The second-order valence-corrected chi connectivity index (χ2v) is 21.6. The normalized spacial score (nSPS) is 12.9. The van der Waals surface area contributed by atoms with E-state index in [1.807, 2.05) is 0 Å². The van der Waals surface area contributed by atoms with Crippen LogP contribution in [0.3, 0.4) is 0 Å². The maximum atomic E-state index is 12.8. The van der Waals surface area contributed by atoms with Crippen LogP contribution in [-0.4, -0.2) is 102 Å². The quantitative estimate of drug-likeness (QED) is 0.0263. The van der Waals surface area contributed by atoms with Crippen LogP contribution >= 0.6 is 0 Å². The predicted molar refractivity (Wildman–Crippen MR) is 193 cm³/mol. The Labute approximate surface area is 405 Å². The number of azo groups is 2. The van der Waals surface area contributed by atoms with Crippen LogP contribution in [0.1, 0.15) is 0 Å². The van der Waals surface area contributed by atoms with Crippen molar-refractivity contribution in [2.24, 2.45) is 20.5 Å². The van der Waals surface area contributed by atoms with Gasteiger partial charge in [-0.2, -0.15) is 18.6 Å². The van der Waals surface area contributed by atoms with Crippen molar-refractivity contribution < 1.29 is 162 Å². The van der Waals surface area contributed by atoms with Gasteiger partial charge in [-0.05, 0) is 66.0 Å². The molecule has 0 aliphatic carbocycles. The molecule has 0 bridgehead atoms. The molecular weight excluding hydrogens is 940 g/mol. The fraction of sp³-hybridized carbons (Fsp3) is 0.214.